The monoisotopic (exact) mass is 240 g/mol. The van der Waals surface area contributed by atoms with Gasteiger partial charge >= 0.3 is 0 Å². The van der Waals surface area contributed by atoms with E-state index in [0.717, 1.165) is 17.9 Å². The Balaban J connectivity index is 2.05. The van der Waals surface area contributed by atoms with E-state index < -0.39 is 0 Å². The van der Waals surface area contributed by atoms with E-state index in [9.17, 15) is 0 Å². The fraction of sp³-hybridized carbons (Fsp3) is 0.267. The molecule has 0 radical (unpaired) electrons. The number of benzene rings is 1. The number of rotatable bonds is 3. The van der Waals surface area contributed by atoms with E-state index in [4.69, 9.17) is 5.11 Å². The molecule has 1 heterocycles. The Morgan fingerprint density at radius 2 is 2.06 bits per heavy atom. The summed E-state index contributed by atoms with van der Waals surface area (Å²) in [6, 6.07) is 8.16. The zero-order chi connectivity index (χ0) is 12.8. The van der Waals surface area contributed by atoms with E-state index in [0.29, 0.717) is 6.42 Å². The van der Waals surface area contributed by atoms with Crippen molar-refractivity contribution in [2.24, 2.45) is 0 Å². The Morgan fingerprint density at radius 1 is 1.28 bits per heavy atom. The summed E-state index contributed by atoms with van der Waals surface area (Å²) in [7, 11) is 0. The van der Waals surface area contributed by atoms with E-state index in [2.05, 4.69) is 33.5 Å². The minimum atomic E-state index is 0.116. The first-order chi connectivity index (χ1) is 8.79. The Kier molecular flexibility index (Phi) is 4.16. The van der Waals surface area contributed by atoms with Crippen LogP contribution in [0.1, 0.15) is 23.4 Å². The van der Waals surface area contributed by atoms with Gasteiger partial charge in [0.2, 0.25) is 0 Å². The number of aliphatic hydroxyl groups excluding tert-OH is 1. The largest absolute Gasteiger partial charge is 0.395 e. The summed E-state index contributed by atoms with van der Waals surface area (Å²) in [6.07, 6.45) is 4.31. The smallest absolute Gasteiger partial charge is 0.105 e. The molecule has 18 heavy (non-hydrogen) atoms. The Morgan fingerprint density at radius 3 is 2.67 bits per heavy atom. The average molecular weight is 240 g/mol. The van der Waals surface area contributed by atoms with Gasteiger partial charge in [-0.15, -0.1) is 0 Å². The van der Waals surface area contributed by atoms with Gasteiger partial charge < -0.3 is 9.67 Å². The lowest BCUT2D eigenvalue weighted by Gasteiger charge is -2.04. The molecule has 3 heteroatoms. The van der Waals surface area contributed by atoms with Crippen molar-refractivity contribution in [1.29, 1.82) is 0 Å². The van der Waals surface area contributed by atoms with Crippen molar-refractivity contribution >= 4 is 0 Å². The second kappa shape index (κ2) is 6.04. The first kappa shape index (κ1) is 12.4. The van der Waals surface area contributed by atoms with E-state index in [1.165, 1.54) is 5.56 Å². The van der Waals surface area contributed by atoms with Gasteiger partial charge in [-0.1, -0.05) is 24.0 Å². The molecular weight excluding hydrogens is 224 g/mol. The first-order valence-electron chi connectivity index (χ1n) is 5.96. The highest BCUT2D eigenvalue weighted by Gasteiger charge is 1.98. The van der Waals surface area contributed by atoms with Crippen LogP contribution in [0.2, 0.25) is 0 Å². The normalized spacial score (nSPS) is 9.89. The van der Waals surface area contributed by atoms with Crippen LogP contribution in [0.3, 0.4) is 0 Å². The number of aliphatic hydroxyl groups is 1. The van der Waals surface area contributed by atoms with E-state index in [1.807, 2.05) is 31.5 Å². The molecule has 0 aliphatic rings. The number of aromatic nitrogens is 2. The molecular formula is C15H16N2O. The number of hydrogen-bond acceptors (Lipinski definition) is 2. The van der Waals surface area contributed by atoms with Gasteiger partial charge in [-0.05, 0) is 24.6 Å². The van der Waals surface area contributed by atoms with Gasteiger partial charge in [0.25, 0.3) is 0 Å². The SMILES string of the molecule is Cc1nccn1Cc1ccc(C#CCCO)cc1. The summed E-state index contributed by atoms with van der Waals surface area (Å²) in [5.41, 5.74) is 2.21. The molecule has 0 amide bonds. The predicted molar refractivity (Wildman–Crippen MR) is 71.1 cm³/mol. The fourth-order valence-electron chi connectivity index (χ4n) is 1.68. The average Bonchev–Trinajstić information content (AvgIpc) is 2.78. The molecule has 0 fully saturated rings. The van der Waals surface area contributed by atoms with E-state index in [-0.39, 0.29) is 6.61 Å². The molecule has 1 N–H and O–H groups in total. The zero-order valence-electron chi connectivity index (χ0n) is 10.4. The van der Waals surface area contributed by atoms with Crippen molar-refractivity contribution in [2.75, 3.05) is 6.61 Å². The zero-order valence-corrected chi connectivity index (χ0v) is 10.4. The van der Waals surface area contributed by atoms with Crippen LogP contribution in [0.15, 0.2) is 36.7 Å². The van der Waals surface area contributed by atoms with Crippen molar-refractivity contribution < 1.29 is 5.11 Å². The quantitative estimate of drug-likeness (QED) is 0.833. The van der Waals surface area contributed by atoms with Crippen LogP contribution in [0.5, 0.6) is 0 Å². The van der Waals surface area contributed by atoms with E-state index in [1.54, 1.807) is 0 Å². The van der Waals surface area contributed by atoms with Gasteiger partial charge in [-0.2, -0.15) is 0 Å². The summed E-state index contributed by atoms with van der Waals surface area (Å²) in [6.45, 7) is 2.94. The molecule has 2 aromatic rings. The third-order valence-electron chi connectivity index (χ3n) is 2.70. The molecule has 0 unspecified atom stereocenters. The lowest BCUT2D eigenvalue weighted by molar-refractivity contribution is 0.305. The topological polar surface area (TPSA) is 38.0 Å². The van der Waals surface area contributed by atoms with Gasteiger partial charge in [-0.25, -0.2) is 4.98 Å². The lowest BCUT2D eigenvalue weighted by atomic mass is 10.1. The van der Waals surface area contributed by atoms with Crippen molar-refractivity contribution in [1.82, 2.24) is 9.55 Å². The lowest BCUT2D eigenvalue weighted by Crippen LogP contribution is -2.00. The summed E-state index contributed by atoms with van der Waals surface area (Å²) in [5, 5.41) is 8.65. The van der Waals surface area contributed by atoms with Crippen LogP contribution >= 0.6 is 0 Å². The maximum absolute atomic E-state index is 8.65. The molecule has 0 saturated heterocycles. The van der Waals surface area contributed by atoms with Crippen LogP contribution in [-0.4, -0.2) is 21.3 Å². The van der Waals surface area contributed by atoms with Crippen molar-refractivity contribution in [2.45, 2.75) is 19.9 Å². The second-order valence-electron chi connectivity index (χ2n) is 4.07. The van der Waals surface area contributed by atoms with Crippen LogP contribution in [0.25, 0.3) is 0 Å². The molecule has 0 aliphatic carbocycles. The van der Waals surface area contributed by atoms with Crippen LogP contribution < -0.4 is 0 Å². The summed E-state index contributed by atoms with van der Waals surface area (Å²) in [5.74, 6) is 6.94. The second-order valence-corrected chi connectivity index (χ2v) is 4.07. The minimum Gasteiger partial charge on any atom is -0.395 e. The maximum atomic E-state index is 8.65. The van der Waals surface area contributed by atoms with Gasteiger partial charge in [0.1, 0.15) is 5.82 Å². The number of nitrogens with zero attached hydrogens (tertiary/aromatic N) is 2. The molecule has 2 rings (SSSR count). The third-order valence-corrected chi connectivity index (χ3v) is 2.70. The van der Waals surface area contributed by atoms with Gasteiger partial charge in [0, 0.05) is 30.9 Å². The van der Waals surface area contributed by atoms with Crippen LogP contribution in [0.4, 0.5) is 0 Å². The van der Waals surface area contributed by atoms with Crippen molar-refractivity contribution in [3.8, 4) is 11.8 Å². The highest BCUT2D eigenvalue weighted by atomic mass is 16.2. The van der Waals surface area contributed by atoms with Gasteiger partial charge in [0.15, 0.2) is 0 Å². The summed E-state index contributed by atoms with van der Waals surface area (Å²) in [4.78, 5) is 4.20. The molecule has 0 atom stereocenters. The first-order valence-corrected chi connectivity index (χ1v) is 5.96. The Bertz CT molecular complexity index is 558. The van der Waals surface area contributed by atoms with Gasteiger partial charge in [0.05, 0.1) is 6.61 Å². The number of aryl methyl sites for hydroxylation is 1. The predicted octanol–water partition coefficient (Wildman–Crippen LogP) is 1.97. The summed E-state index contributed by atoms with van der Waals surface area (Å²) >= 11 is 0. The number of hydrogen-bond donors (Lipinski definition) is 1. The van der Waals surface area contributed by atoms with Crippen molar-refractivity contribution in [3.63, 3.8) is 0 Å². The molecule has 0 bridgehead atoms. The summed E-state index contributed by atoms with van der Waals surface area (Å²) < 4.78 is 2.10. The molecule has 1 aromatic carbocycles. The Labute approximate surface area is 107 Å². The standard InChI is InChI=1S/C15H16N2O/c1-13-16-9-10-17(13)12-15-7-5-14(6-8-15)4-2-3-11-18/h5-10,18H,3,11-12H2,1H3. The maximum Gasteiger partial charge on any atom is 0.105 e. The highest BCUT2D eigenvalue weighted by molar-refractivity contribution is 5.36. The van der Waals surface area contributed by atoms with Crippen molar-refractivity contribution in [3.05, 3.63) is 53.6 Å². The number of imidazole rings is 1. The molecule has 0 aliphatic heterocycles. The molecule has 3 nitrogen and oxygen atoms in total. The van der Waals surface area contributed by atoms with E-state index >= 15 is 0 Å². The molecule has 0 saturated carbocycles. The fourth-order valence-corrected chi connectivity index (χ4v) is 1.68. The van der Waals surface area contributed by atoms with Crippen LogP contribution in [0, 0.1) is 18.8 Å². The molecule has 0 spiro atoms. The molecule has 92 valence electrons. The van der Waals surface area contributed by atoms with Gasteiger partial charge in [-0.3, -0.25) is 0 Å². The molecule has 1 aromatic heterocycles. The highest BCUT2D eigenvalue weighted by Crippen LogP contribution is 2.07. The van der Waals surface area contributed by atoms with Crippen LogP contribution in [-0.2, 0) is 6.54 Å². The minimum absolute atomic E-state index is 0.116. The Hall–Kier alpha value is -2.05. The third kappa shape index (κ3) is 3.22.